The Morgan fingerprint density at radius 3 is 2.84 bits per heavy atom. The second-order valence-electron chi connectivity index (χ2n) is 5.30. The van der Waals surface area contributed by atoms with Gasteiger partial charge in [-0.3, -0.25) is 4.90 Å². The predicted molar refractivity (Wildman–Crippen MR) is 77.5 cm³/mol. The number of para-hydroxylation sites is 1. The van der Waals surface area contributed by atoms with Gasteiger partial charge in [-0.1, -0.05) is 30.4 Å². The molecule has 0 aliphatic carbocycles. The van der Waals surface area contributed by atoms with E-state index in [9.17, 15) is 5.11 Å². The average Bonchev–Trinajstić information content (AvgIpc) is 2.43. The van der Waals surface area contributed by atoms with Crippen molar-refractivity contribution in [3.63, 3.8) is 0 Å². The van der Waals surface area contributed by atoms with Gasteiger partial charge in [0.1, 0.15) is 18.5 Å². The number of hydrogen-bond acceptors (Lipinski definition) is 3. The molecule has 1 N–H and O–H groups in total. The highest BCUT2D eigenvalue weighted by atomic mass is 16.5. The van der Waals surface area contributed by atoms with Gasteiger partial charge in [-0.2, -0.15) is 0 Å². The Labute approximate surface area is 115 Å². The standard InChI is InChI=1S/C16H23NO2/c1-13(2)17-10-6-5-8-14-7-3-4-9-16(14)19-12-15(18)11-17/h3-7,9,13,15,18H,8,10-12H2,1-2H3/b6-5+. The SMILES string of the molecule is CC(C)N1C/C=C/Cc2ccccc2OCC(O)C1. The van der Waals surface area contributed by atoms with Crippen LogP contribution in [0.15, 0.2) is 36.4 Å². The van der Waals surface area contributed by atoms with Gasteiger partial charge in [0.25, 0.3) is 0 Å². The second-order valence-corrected chi connectivity index (χ2v) is 5.30. The van der Waals surface area contributed by atoms with Crippen molar-refractivity contribution in [1.82, 2.24) is 4.90 Å². The zero-order valence-electron chi connectivity index (χ0n) is 11.7. The molecule has 0 saturated carbocycles. The first kappa shape index (κ1) is 14.1. The van der Waals surface area contributed by atoms with E-state index < -0.39 is 6.10 Å². The first-order chi connectivity index (χ1) is 9.16. The first-order valence-corrected chi connectivity index (χ1v) is 6.94. The summed E-state index contributed by atoms with van der Waals surface area (Å²) in [7, 11) is 0. The Balaban J connectivity index is 2.14. The van der Waals surface area contributed by atoms with Crippen LogP contribution in [0.2, 0.25) is 0 Å². The van der Waals surface area contributed by atoms with Gasteiger partial charge < -0.3 is 9.84 Å². The van der Waals surface area contributed by atoms with Gasteiger partial charge in [0.05, 0.1) is 0 Å². The quantitative estimate of drug-likeness (QED) is 0.787. The molecule has 1 aromatic carbocycles. The normalized spacial score (nSPS) is 23.3. The van der Waals surface area contributed by atoms with Gasteiger partial charge in [0.2, 0.25) is 0 Å². The third-order valence-electron chi connectivity index (χ3n) is 3.42. The molecular weight excluding hydrogens is 238 g/mol. The van der Waals surface area contributed by atoms with Crippen molar-refractivity contribution < 1.29 is 9.84 Å². The summed E-state index contributed by atoms with van der Waals surface area (Å²) in [5, 5.41) is 10.1. The van der Waals surface area contributed by atoms with E-state index in [1.807, 2.05) is 18.2 Å². The highest BCUT2D eigenvalue weighted by molar-refractivity contribution is 5.34. The van der Waals surface area contributed by atoms with Crippen LogP contribution in [0.5, 0.6) is 5.75 Å². The lowest BCUT2D eigenvalue weighted by Gasteiger charge is -2.27. The number of allylic oxidation sites excluding steroid dienone is 1. The Hall–Kier alpha value is -1.32. The van der Waals surface area contributed by atoms with Crippen molar-refractivity contribution >= 4 is 0 Å². The first-order valence-electron chi connectivity index (χ1n) is 6.94. The van der Waals surface area contributed by atoms with Crippen molar-refractivity contribution in [3.05, 3.63) is 42.0 Å². The van der Waals surface area contributed by atoms with Crippen LogP contribution >= 0.6 is 0 Å². The van der Waals surface area contributed by atoms with Crippen LogP contribution in [0.4, 0.5) is 0 Å². The van der Waals surface area contributed by atoms with Gasteiger partial charge in [0, 0.05) is 19.1 Å². The number of aliphatic hydroxyl groups is 1. The molecule has 1 unspecified atom stereocenters. The molecule has 0 spiro atoms. The van der Waals surface area contributed by atoms with Crippen LogP contribution in [-0.4, -0.2) is 41.8 Å². The summed E-state index contributed by atoms with van der Waals surface area (Å²) in [5.74, 6) is 0.879. The number of aliphatic hydroxyl groups excluding tert-OH is 1. The van der Waals surface area contributed by atoms with E-state index in [-0.39, 0.29) is 0 Å². The number of benzene rings is 1. The molecule has 0 bridgehead atoms. The molecule has 1 heterocycles. The number of rotatable bonds is 1. The maximum absolute atomic E-state index is 10.1. The topological polar surface area (TPSA) is 32.7 Å². The zero-order valence-corrected chi connectivity index (χ0v) is 11.7. The lowest BCUT2D eigenvalue weighted by molar-refractivity contribution is 0.0622. The molecule has 0 aromatic heterocycles. The van der Waals surface area contributed by atoms with Crippen molar-refractivity contribution in [2.75, 3.05) is 19.7 Å². The maximum Gasteiger partial charge on any atom is 0.122 e. The molecule has 1 aromatic rings. The zero-order chi connectivity index (χ0) is 13.7. The molecule has 0 saturated heterocycles. The second kappa shape index (κ2) is 6.73. The fraction of sp³-hybridized carbons (Fsp3) is 0.500. The Morgan fingerprint density at radius 2 is 2.05 bits per heavy atom. The predicted octanol–water partition coefficient (Wildman–Crippen LogP) is 2.25. The van der Waals surface area contributed by atoms with Crippen molar-refractivity contribution in [3.8, 4) is 5.75 Å². The van der Waals surface area contributed by atoms with Gasteiger partial charge in [0.15, 0.2) is 0 Å². The van der Waals surface area contributed by atoms with Gasteiger partial charge in [-0.15, -0.1) is 0 Å². The van der Waals surface area contributed by atoms with Gasteiger partial charge in [-0.25, -0.2) is 0 Å². The molecule has 19 heavy (non-hydrogen) atoms. The smallest absolute Gasteiger partial charge is 0.122 e. The average molecular weight is 261 g/mol. The molecule has 3 heteroatoms. The Bertz CT molecular complexity index is 429. The summed E-state index contributed by atoms with van der Waals surface area (Å²) < 4.78 is 5.75. The van der Waals surface area contributed by atoms with Crippen LogP contribution < -0.4 is 4.74 Å². The Morgan fingerprint density at radius 1 is 1.26 bits per heavy atom. The molecule has 0 fully saturated rings. The van der Waals surface area contributed by atoms with Gasteiger partial charge in [-0.05, 0) is 31.9 Å². The molecule has 1 atom stereocenters. The fourth-order valence-corrected chi connectivity index (χ4v) is 2.24. The molecule has 1 aliphatic rings. The molecule has 0 amide bonds. The van der Waals surface area contributed by atoms with E-state index in [0.717, 1.165) is 18.7 Å². The van der Waals surface area contributed by atoms with Crippen LogP contribution in [0, 0.1) is 0 Å². The minimum absolute atomic E-state index is 0.347. The summed E-state index contributed by atoms with van der Waals surface area (Å²) in [5.41, 5.74) is 1.17. The van der Waals surface area contributed by atoms with Crippen LogP contribution in [0.25, 0.3) is 0 Å². The number of hydrogen-bond donors (Lipinski definition) is 1. The van der Waals surface area contributed by atoms with Gasteiger partial charge >= 0.3 is 0 Å². The highest BCUT2D eigenvalue weighted by Gasteiger charge is 2.15. The van der Waals surface area contributed by atoms with Crippen LogP contribution in [0.1, 0.15) is 19.4 Å². The van der Waals surface area contributed by atoms with E-state index in [1.54, 1.807) is 0 Å². The van der Waals surface area contributed by atoms with Crippen molar-refractivity contribution in [2.45, 2.75) is 32.4 Å². The molecule has 2 rings (SSSR count). The summed E-state index contributed by atoms with van der Waals surface area (Å²) in [6.07, 6.45) is 4.77. The monoisotopic (exact) mass is 261 g/mol. The molecule has 104 valence electrons. The minimum atomic E-state index is -0.457. The number of β-amino-alcohol motifs (C(OH)–C–C–N with tert-alkyl or cyclic N) is 1. The third kappa shape index (κ3) is 4.08. The van der Waals surface area contributed by atoms with Crippen LogP contribution in [-0.2, 0) is 6.42 Å². The molecular formula is C16H23NO2. The molecule has 3 nitrogen and oxygen atoms in total. The number of ether oxygens (including phenoxy) is 1. The summed E-state index contributed by atoms with van der Waals surface area (Å²) in [6, 6.07) is 8.45. The Kier molecular flexibility index (Phi) is 5.00. The van der Waals surface area contributed by atoms with Crippen molar-refractivity contribution in [1.29, 1.82) is 0 Å². The number of nitrogens with zero attached hydrogens (tertiary/aromatic N) is 1. The summed E-state index contributed by atoms with van der Waals surface area (Å²) >= 11 is 0. The maximum atomic E-state index is 10.1. The third-order valence-corrected chi connectivity index (χ3v) is 3.42. The fourth-order valence-electron chi connectivity index (χ4n) is 2.24. The minimum Gasteiger partial charge on any atom is -0.491 e. The summed E-state index contributed by atoms with van der Waals surface area (Å²) in [4.78, 5) is 2.25. The summed E-state index contributed by atoms with van der Waals surface area (Å²) in [6.45, 7) is 6.16. The van der Waals surface area contributed by atoms with Crippen LogP contribution in [0.3, 0.4) is 0 Å². The van der Waals surface area contributed by atoms with E-state index in [2.05, 4.69) is 37.0 Å². The lowest BCUT2D eigenvalue weighted by Crippen LogP contribution is -2.39. The molecule has 1 aliphatic heterocycles. The lowest BCUT2D eigenvalue weighted by atomic mass is 10.1. The van der Waals surface area contributed by atoms with E-state index in [1.165, 1.54) is 5.56 Å². The largest absolute Gasteiger partial charge is 0.491 e. The van der Waals surface area contributed by atoms with E-state index >= 15 is 0 Å². The highest BCUT2D eigenvalue weighted by Crippen LogP contribution is 2.19. The van der Waals surface area contributed by atoms with Crippen molar-refractivity contribution in [2.24, 2.45) is 0 Å². The van der Waals surface area contributed by atoms with E-state index in [0.29, 0.717) is 19.2 Å². The molecule has 0 radical (unpaired) electrons. The number of fused-ring (bicyclic) bond motifs is 1. The van der Waals surface area contributed by atoms with E-state index in [4.69, 9.17) is 4.74 Å².